The summed E-state index contributed by atoms with van der Waals surface area (Å²) < 4.78 is 30.6. The van der Waals surface area contributed by atoms with Crippen LogP contribution in [0.2, 0.25) is 0 Å². The lowest BCUT2D eigenvalue weighted by Crippen LogP contribution is -2.11. The number of rotatable bonds is 4. The summed E-state index contributed by atoms with van der Waals surface area (Å²) in [6.45, 7) is 5.53. The van der Waals surface area contributed by atoms with Crippen molar-refractivity contribution in [2.45, 2.75) is 11.8 Å². The quantitative estimate of drug-likeness (QED) is 0.775. The maximum Gasteiger partial charge on any atom is 0.339 e. The summed E-state index contributed by atoms with van der Waals surface area (Å²) in [5, 5.41) is 0. The van der Waals surface area contributed by atoms with E-state index in [4.69, 9.17) is 4.18 Å². The molecule has 0 atom stereocenters. The minimum Gasteiger partial charge on any atom is -0.379 e. The van der Waals surface area contributed by atoms with Crippen LogP contribution in [-0.4, -0.2) is 8.42 Å². The zero-order valence-corrected chi connectivity index (χ0v) is 13.2. The van der Waals surface area contributed by atoms with Gasteiger partial charge in [-0.2, -0.15) is 8.42 Å². The molecule has 104 valence electrons. The third-order valence-corrected chi connectivity index (χ3v) is 4.53. The Morgan fingerprint density at radius 1 is 1.15 bits per heavy atom. The molecule has 0 amide bonds. The molecule has 20 heavy (non-hydrogen) atoms. The van der Waals surface area contributed by atoms with Crippen LogP contribution in [0.15, 0.2) is 58.4 Å². The lowest BCUT2D eigenvalue weighted by Gasteiger charge is -2.10. The van der Waals surface area contributed by atoms with Crippen molar-refractivity contribution in [2.75, 3.05) is 0 Å². The van der Waals surface area contributed by atoms with Crippen LogP contribution in [0.25, 0.3) is 6.08 Å². The monoisotopic (exact) mass is 352 g/mol. The molecule has 0 aromatic heterocycles. The molecule has 3 nitrogen and oxygen atoms in total. The molecule has 2 aromatic carbocycles. The number of hydrogen-bond acceptors (Lipinski definition) is 3. The summed E-state index contributed by atoms with van der Waals surface area (Å²) in [6.07, 6.45) is 1.50. The number of benzene rings is 2. The van der Waals surface area contributed by atoms with Crippen LogP contribution in [-0.2, 0) is 10.1 Å². The first-order chi connectivity index (χ1) is 9.42. The van der Waals surface area contributed by atoms with Crippen molar-refractivity contribution in [2.24, 2.45) is 0 Å². The SMILES string of the molecule is C=Cc1cc(C)ccc1S(=O)(=O)Oc1ccc(Br)cc1. The summed E-state index contributed by atoms with van der Waals surface area (Å²) in [5.74, 6) is 0.267. The lowest BCUT2D eigenvalue weighted by molar-refractivity contribution is 0.486. The van der Waals surface area contributed by atoms with Gasteiger partial charge in [-0.15, -0.1) is 0 Å². The minimum absolute atomic E-state index is 0.112. The second-order valence-electron chi connectivity index (χ2n) is 4.24. The molecule has 0 spiro atoms. The van der Waals surface area contributed by atoms with E-state index in [0.29, 0.717) is 5.56 Å². The maximum absolute atomic E-state index is 12.3. The van der Waals surface area contributed by atoms with Gasteiger partial charge in [0.25, 0.3) is 0 Å². The van der Waals surface area contributed by atoms with Crippen LogP contribution in [0.3, 0.4) is 0 Å². The highest BCUT2D eigenvalue weighted by molar-refractivity contribution is 9.10. The van der Waals surface area contributed by atoms with Gasteiger partial charge in [-0.25, -0.2) is 0 Å². The van der Waals surface area contributed by atoms with Crippen LogP contribution < -0.4 is 4.18 Å². The maximum atomic E-state index is 12.3. The average molecular weight is 353 g/mol. The molecule has 0 aliphatic rings. The molecule has 0 fully saturated rings. The molecule has 0 saturated carbocycles. The predicted octanol–water partition coefficient (Wildman–Crippen LogP) is 4.17. The van der Waals surface area contributed by atoms with E-state index in [0.717, 1.165) is 10.0 Å². The lowest BCUT2D eigenvalue weighted by atomic mass is 10.1. The van der Waals surface area contributed by atoms with Crippen molar-refractivity contribution in [3.05, 3.63) is 64.6 Å². The normalized spacial score (nSPS) is 11.1. The summed E-state index contributed by atoms with van der Waals surface area (Å²) in [7, 11) is -3.87. The van der Waals surface area contributed by atoms with Crippen LogP contribution in [0.4, 0.5) is 0 Å². The van der Waals surface area contributed by atoms with Gasteiger partial charge in [-0.1, -0.05) is 46.3 Å². The molecule has 2 rings (SSSR count). The summed E-state index contributed by atoms with van der Waals surface area (Å²) in [6, 6.07) is 11.6. The molecule has 0 saturated heterocycles. The first kappa shape index (κ1) is 14.8. The Balaban J connectivity index is 2.40. The zero-order valence-electron chi connectivity index (χ0n) is 10.8. The second kappa shape index (κ2) is 5.81. The number of halogens is 1. The molecule has 2 aromatic rings. The summed E-state index contributed by atoms with van der Waals surface area (Å²) in [4.78, 5) is 0.112. The summed E-state index contributed by atoms with van der Waals surface area (Å²) in [5.41, 5.74) is 1.49. The molecule has 0 aliphatic heterocycles. The molecular formula is C15H13BrO3S. The zero-order chi connectivity index (χ0) is 14.8. The van der Waals surface area contributed by atoms with Crippen molar-refractivity contribution < 1.29 is 12.6 Å². The van der Waals surface area contributed by atoms with Crippen LogP contribution in [0, 0.1) is 6.92 Å². The molecular weight excluding hydrogens is 340 g/mol. The average Bonchev–Trinajstić information content (AvgIpc) is 2.40. The van der Waals surface area contributed by atoms with Gasteiger partial charge < -0.3 is 4.18 Å². The van der Waals surface area contributed by atoms with Crippen molar-refractivity contribution in [1.82, 2.24) is 0 Å². The first-order valence-corrected chi connectivity index (χ1v) is 8.05. The van der Waals surface area contributed by atoms with Crippen LogP contribution >= 0.6 is 15.9 Å². The van der Waals surface area contributed by atoms with E-state index in [-0.39, 0.29) is 10.6 Å². The smallest absolute Gasteiger partial charge is 0.339 e. The Morgan fingerprint density at radius 2 is 1.80 bits per heavy atom. The summed E-state index contributed by atoms with van der Waals surface area (Å²) >= 11 is 3.28. The first-order valence-electron chi connectivity index (χ1n) is 5.85. The van der Waals surface area contributed by atoms with Crippen molar-refractivity contribution in [3.63, 3.8) is 0 Å². The highest BCUT2D eigenvalue weighted by atomic mass is 79.9. The fourth-order valence-corrected chi connectivity index (χ4v) is 3.10. The standard InChI is InChI=1S/C15H13BrO3S/c1-3-12-10-11(2)4-9-15(12)20(17,18)19-14-7-5-13(16)6-8-14/h3-10H,1H2,2H3. The van der Waals surface area contributed by atoms with E-state index in [1.165, 1.54) is 12.1 Å². The Labute approximate surface area is 127 Å². The molecule has 0 radical (unpaired) electrons. The van der Waals surface area contributed by atoms with E-state index >= 15 is 0 Å². The van der Waals surface area contributed by atoms with E-state index < -0.39 is 10.1 Å². The van der Waals surface area contributed by atoms with E-state index in [2.05, 4.69) is 22.5 Å². The predicted molar refractivity (Wildman–Crippen MR) is 83.2 cm³/mol. The fraction of sp³-hybridized carbons (Fsp3) is 0.0667. The number of aryl methyl sites for hydroxylation is 1. The van der Waals surface area contributed by atoms with Gasteiger partial charge in [0.05, 0.1) is 0 Å². The Hall–Kier alpha value is -1.59. The van der Waals surface area contributed by atoms with Crippen molar-refractivity contribution in [3.8, 4) is 5.75 Å². The van der Waals surface area contributed by atoms with Gasteiger partial charge >= 0.3 is 10.1 Å². The minimum atomic E-state index is -3.87. The van der Waals surface area contributed by atoms with Gasteiger partial charge in [0, 0.05) is 4.47 Å². The van der Waals surface area contributed by atoms with Crippen LogP contribution in [0.5, 0.6) is 5.75 Å². The van der Waals surface area contributed by atoms with E-state index in [9.17, 15) is 8.42 Å². The second-order valence-corrected chi connectivity index (χ2v) is 6.67. The van der Waals surface area contributed by atoms with Gasteiger partial charge in [-0.3, -0.25) is 0 Å². The molecule has 0 bridgehead atoms. The van der Waals surface area contributed by atoms with Crippen LogP contribution in [0.1, 0.15) is 11.1 Å². The van der Waals surface area contributed by atoms with Gasteiger partial charge in [0.2, 0.25) is 0 Å². The Bertz CT molecular complexity index is 734. The fourth-order valence-electron chi connectivity index (χ4n) is 1.72. The van der Waals surface area contributed by atoms with Crippen molar-refractivity contribution >= 4 is 32.1 Å². The largest absolute Gasteiger partial charge is 0.379 e. The van der Waals surface area contributed by atoms with Gasteiger partial charge in [-0.05, 0) is 42.8 Å². The molecule has 0 heterocycles. The molecule has 0 unspecified atom stereocenters. The third kappa shape index (κ3) is 3.29. The van der Waals surface area contributed by atoms with E-state index in [1.54, 1.807) is 36.4 Å². The third-order valence-electron chi connectivity index (χ3n) is 2.67. The molecule has 0 aliphatic carbocycles. The molecule has 5 heteroatoms. The van der Waals surface area contributed by atoms with E-state index in [1.807, 2.05) is 6.92 Å². The topological polar surface area (TPSA) is 43.4 Å². The van der Waals surface area contributed by atoms with Gasteiger partial charge in [0.1, 0.15) is 10.6 Å². The highest BCUT2D eigenvalue weighted by Gasteiger charge is 2.19. The Morgan fingerprint density at radius 3 is 2.40 bits per heavy atom. The highest BCUT2D eigenvalue weighted by Crippen LogP contribution is 2.24. The molecule has 0 N–H and O–H groups in total. The Kier molecular flexibility index (Phi) is 4.30. The van der Waals surface area contributed by atoms with Crippen molar-refractivity contribution in [1.29, 1.82) is 0 Å². The number of hydrogen-bond donors (Lipinski definition) is 0. The van der Waals surface area contributed by atoms with Gasteiger partial charge in [0.15, 0.2) is 0 Å².